The summed E-state index contributed by atoms with van der Waals surface area (Å²) in [6.45, 7) is 3.32. The quantitative estimate of drug-likeness (QED) is 0.781. The van der Waals surface area contributed by atoms with E-state index in [-0.39, 0.29) is 12.6 Å². The number of urea groups is 1. The highest BCUT2D eigenvalue weighted by Crippen LogP contribution is 2.19. The maximum Gasteiger partial charge on any atom is 0.321 e. The van der Waals surface area contributed by atoms with Crippen LogP contribution >= 0.6 is 0 Å². The van der Waals surface area contributed by atoms with Gasteiger partial charge >= 0.3 is 6.03 Å². The lowest BCUT2D eigenvalue weighted by Crippen LogP contribution is -2.40. The second-order valence-electron chi connectivity index (χ2n) is 5.25. The van der Waals surface area contributed by atoms with E-state index in [4.69, 9.17) is 5.11 Å². The van der Waals surface area contributed by atoms with Gasteiger partial charge in [0, 0.05) is 13.1 Å². The third-order valence-corrected chi connectivity index (χ3v) is 3.60. The zero-order valence-corrected chi connectivity index (χ0v) is 12.0. The van der Waals surface area contributed by atoms with Gasteiger partial charge in [-0.2, -0.15) is 0 Å². The molecule has 2 N–H and O–H groups in total. The number of hydrogen-bond donors (Lipinski definition) is 2. The van der Waals surface area contributed by atoms with Crippen LogP contribution in [-0.4, -0.2) is 35.7 Å². The Kier molecular flexibility index (Phi) is 5.18. The molecule has 4 nitrogen and oxygen atoms in total. The molecule has 0 unspecified atom stereocenters. The van der Waals surface area contributed by atoms with Crippen LogP contribution in [0.3, 0.4) is 0 Å². The summed E-state index contributed by atoms with van der Waals surface area (Å²) in [4.78, 5) is 14.0. The van der Waals surface area contributed by atoms with Gasteiger partial charge in [0.15, 0.2) is 0 Å². The molecule has 2 rings (SSSR count). The summed E-state index contributed by atoms with van der Waals surface area (Å²) in [7, 11) is 0. The number of halogens is 1. The molecule has 1 heterocycles. The lowest BCUT2D eigenvalue weighted by atomic mass is 10.00. The zero-order chi connectivity index (χ0) is 15.2. The van der Waals surface area contributed by atoms with Gasteiger partial charge in [-0.1, -0.05) is 18.8 Å². The van der Waals surface area contributed by atoms with Crippen LogP contribution in [0.4, 0.5) is 14.9 Å². The summed E-state index contributed by atoms with van der Waals surface area (Å²) in [6, 6.07) is 3.82. The maximum absolute atomic E-state index is 13.3. The number of aliphatic hydroxyl groups excluding tert-OH is 1. The third kappa shape index (κ3) is 4.20. The number of carbonyl (C=O) groups is 1. The molecule has 0 aromatic heterocycles. The molecule has 1 aliphatic rings. The van der Waals surface area contributed by atoms with E-state index in [1.165, 1.54) is 18.2 Å². The number of amides is 2. The molecule has 21 heavy (non-hydrogen) atoms. The second kappa shape index (κ2) is 7.09. The Hall–Kier alpha value is -2.06. The molecular weight excluding hydrogens is 271 g/mol. The molecule has 1 aromatic carbocycles. The standard InChI is InChI=1S/C16H19FN2O2/c1-12-6-8-19(9-7-12)16(21)18-15-5-4-14(17)11-13(15)3-2-10-20/h4-5,11-12,20H,6-10H2,1H3,(H,18,21). The first-order valence-corrected chi connectivity index (χ1v) is 7.05. The first-order valence-electron chi connectivity index (χ1n) is 7.05. The van der Waals surface area contributed by atoms with E-state index in [2.05, 4.69) is 24.1 Å². The molecule has 0 bridgehead atoms. The summed E-state index contributed by atoms with van der Waals surface area (Å²) in [6.07, 6.45) is 1.99. The van der Waals surface area contributed by atoms with Crippen molar-refractivity contribution in [1.82, 2.24) is 4.90 Å². The Bertz CT molecular complexity index is 569. The molecule has 0 radical (unpaired) electrons. The Morgan fingerprint density at radius 3 is 2.86 bits per heavy atom. The molecule has 112 valence electrons. The molecule has 2 amide bonds. The molecule has 1 saturated heterocycles. The van der Waals surface area contributed by atoms with Crippen LogP contribution in [0.25, 0.3) is 0 Å². The number of aliphatic hydroxyl groups is 1. The largest absolute Gasteiger partial charge is 0.384 e. The predicted octanol–water partition coefficient (Wildman–Crippen LogP) is 2.43. The average molecular weight is 290 g/mol. The Balaban J connectivity index is 2.10. The van der Waals surface area contributed by atoms with Crippen LogP contribution in [0.5, 0.6) is 0 Å². The van der Waals surface area contributed by atoms with Crippen molar-refractivity contribution in [1.29, 1.82) is 0 Å². The van der Waals surface area contributed by atoms with E-state index in [0.29, 0.717) is 17.2 Å². The van der Waals surface area contributed by atoms with Gasteiger partial charge < -0.3 is 15.3 Å². The SMILES string of the molecule is CC1CCN(C(=O)Nc2ccc(F)cc2C#CCO)CC1. The molecule has 0 spiro atoms. The van der Waals surface area contributed by atoms with Crippen LogP contribution in [0, 0.1) is 23.6 Å². The van der Waals surface area contributed by atoms with Crippen molar-refractivity contribution >= 4 is 11.7 Å². The van der Waals surface area contributed by atoms with Gasteiger partial charge in [0.05, 0.1) is 11.3 Å². The Morgan fingerprint density at radius 1 is 1.48 bits per heavy atom. The molecule has 1 aromatic rings. The van der Waals surface area contributed by atoms with Crippen molar-refractivity contribution < 1.29 is 14.3 Å². The van der Waals surface area contributed by atoms with E-state index in [1.54, 1.807) is 4.90 Å². The lowest BCUT2D eigenvalue weighted by Gasteiger charge is -2.30. The fraction of sp³-hybridized carbons (Fsp3) is 0.438. The number of likely N-dealkylation sites (tertiary alicyclic amines) is 1. The molecule has 0 aliphatic carbocycles. The lowest BCUT2D eigenvalue weighted by molar-refractivity contribution is 0.186. The van der Waals surface area contributed by atoms with Crippen molar-refractivity contribution in [2.75, 3.05) is 25.0 Å². The number of carbonyl (C=O) groups excluding carboxylic acids is 1. The first kappa shape index (κ1) is 15.3. The van der Waals surface area contributed by atoms with E-state index >= 15 is 0 Å². The maximum atomic E-state index is 13.3. The number of benzene rings is 1. The van der Waals surface area contributed by atoms with E-state index < -0.39 is 5.82 Å². The highest BCUT2D eigenvalue weighted by molar-refractivity contribution is 5.91. The van der Waals surface area contributed by atoms with Gasteiger partial charge in [0.25, 0.3) is 0 Å². The average Bonchev–Trinajstić information content (AvgIpc) is 2.48. The third-order valence-electron chi connectivity index (χ3n) is 3.60. The predicted molar refractivity (Wildman–Crippen MR) is 79.4 cm³/mol. The fourth-order valence-electron chi connectivity index (χ4n) is 2.27. The number of piperidine rings is 1. The van der Waals surface area contributed by atoms with Crippen molar-refractivity contribution in [2.24, 2.45) is 5.92 Å². The molecule has 1 aliphatic heterocycles. The minimum atomic E-state index is -0.429. The van der Waals surface area contributed by atoms with Crippen molar-refractivity contribution in [3.63, 3.8) is 0 Å². The topological polar surface area (TPSA) is 52.6 Å². The first-order chi connectivity index (χ1) is 10.1. The summed E-state index contributed by atoms with van der Waals surface area (Å²) in [5, 5.41) is 11.5. The monoisotopic (exact) mass is 290 g/mol. The normalized spacial score (nSPS) is 15.3. The highest BCUT2D eigenvalue weighted by Gasteiger charge is 2.20. The van der Waals surface area contributed by atoms with E-state index in [9.17, 15) is 9.18 Å². The van der Waals surface area contributed by atoms with Gasteiger partial charge in [0.2, 0.25) is 0 Å². The summed E-state index contributed by atoms with van der Waals surface area (Å²) in [5.41, 5.74) is 0.823. The van der Waals surface area contributed by atoms with Crippen molar-refractivity contribution in [2.45, 2.75) is 19.8 Å². The van der Waals surface area contributed by atoms with Crippen LogP contribution in [0.2, 0.25) is 0 Å². The van der Waals surface area contributed by atoms with Crippen molar-refractivity contribution in [3.05, 3.63) is 29.6 Å². The minimum Gasteiger partial charge on any atom is -0.384 e. The smallest absolute Gasteiger partial charge is 0.321 e. The van der Waals surface area contributed by atoms with Crippen LogP contribution in [0.1, 0.15) is 25.3 Å². The van der Waals surface area contributed by atoms with Crippen LogP contribution in [-0.2, 0) is 0 Å². The summed E-state index contributed by atoms with van der Waals surface area (Å²) in [5.74, 6) is 5.33. The number of hydrogen-bond acceptors (Lipinski definition) is 2. The number of rotatable bonds is 1. The Labute approximate surface area is 124 Å². The van der Waals surface area contributed by atoms with Gasteiger partial charge in [0.1, 0.15) is 12.4 Å². The van der Waals surface area contributed by atoms with Crippen molar-refractivity contribution in [3.8, 4) is 11.8 Å². The molecule has 5 heteroatoms. The van der Waals surface area contributed by atoms with Gasteiger partial charge in [-0.15, -0.1) is 0 Å². The molecule has 0 atom stereocenters. The molecular formula is C16H19FN2O2. The van der Waals surface area contributed by atoms with E-state index in [0.717, 1.165) is 25.9 Å². The van der Waals surface area contributed by atoms with Crippen LogP contribution < -0.4 is 5.32 Å². The number of nitrogens with zero attached hydrogens (tertiary/aromatic N) is 1. The number of anilines is 1. The summed E-state index contributed by atoms with van der Waals surface area (Å²) < 4.78 is 13.3. The number of nitrogens with one attached hydrogen (secondary N) is 1. The summed E-state index contributed by atoms with van der Waals surface area (Å²) >= 11 is 0. The van der Waals surface area contributed by atoms with Crippen LogP contribution in [0.15, 0.2) is 18.2 Å². The van der Waals surface area contributed by atoms with Gasteiger partial charge in [-0.3, -0.25) is 0 Å². The minimum absolute atomic E-state index is 0.194. The zero-order valence-electron chi connectivity index (χ0n) is 12.0. The molecule has 0 saturated carbocycles. The van der Waals surface area contributed by atoms with Gasteiger partial charge in [-0.05, 0) is 37.0 Å². The fourth-order valence-corrected chi connectivity index (χ4v) is 2.27. The van der Waals surface area contributed by atoms with E-state index in [1.807, 2.05) is 0 Å². The Morgan fingerprint density at radius 2 is 2.19 bits per heavy atom. The van der Waals surface area contributed by atoms with Gasteiger partial charge in [-0.25, -0.2) is 9.18 Å². The highest BCUT2D eigenvalue weighted by atomic mass is 19.1. The molecule has 1 fully saturated rings. The second-order valence-corrected chi connectivity index (χ2v) is 5.25.